The fourth-order valence-corrected chi connectivity index (χ4v) is 4.87. The fraction of sp³-hybridized carbons (Fsp3) is 0.438. The second-order valence-electron chi connectivity index (χ2n) is 12.9. The monoisotopic (exact) mass is 571 g/mol. The van der Waals surface area contributed by atoms with Crippen LogP contribution in [-0.4, -0.2) is 57.7 Å². The highest BCUT2D eigenvalue weighted by Gasteiger charge is 2.27. The number of morpholine rings is 1. The number of amides is 1. The molecule has 10 nitrogen and oxygen atoms in total. The molecule has 0 radical (unpaired) electrons. The van der Waals surface area contributed by atoms with Crippen molar-refractivity contribution in [2.24, 2.45) is 0 Å². The van der Waals surface area contributed by atoms with Crippen LogP contribution in [0.3, 0.4) is 0 Å². The summed E-state index contributed by atoms with van der Waals surface area (Å²) >= 11 is 0. The van der Waals surface area contributed by atoms with Gasteiger partial charge >= 0.3 is 0 Å². The van der Waals surface area contributed by atoms with Gasteiger partial charge < -0.3 is 24.7 Å². The van der Waals surface area contributed by atoms with Crippen molar-refractivity contribution in [2.45, 2.75) is 66.0 Å². The minimum Gasteiger partial charge on any atom is -0.455 e. The predicted octanol–water partition coefficient (Wildman–Crippen LogP) is 5.51. The third-order valence-corrected chi connectivity index (χ3v) is 7.13. The molecule has 1 aromatic carbocycles. The van der Waals surface area contributed by atoms with E-state index in [4.69, 9.17) is 9.15 Å². The molecule has 4 aromatic rings. The molecule has 0 aliphatic carbocycles. The summed E-state index contributed by atoms with van der Waals surface area (Å²) in [6, 6.07) is 9.64. The summed E-state index contributed by atoms with van der Waals surface area (Å²) in [5.41, 5.74) is 5.76. The lowest BCUT2D eigenvalue weighted by Crippen LogP contribution is -2.36. The molecule has 1 amide bonds. The molecule has 1 fully saturated rings. The van der Waals surface area contributed by atoms with E-state index >= 15 is 0 Å². The Balaban J connectivity index is 1.35. The van der Waals surface area contributed by atoms with E-state index in [9.17, 15) is 4.79 Å². The molecule has 3 aromatic heterocycles. The number of hydrogen-bond acceptors (Lipinski definition) is 8. The average molecular weight is 572 g/mol. The number of carbonyl (C=O) groups is 1. The van der Waals surface area contributed by atoms with Gasteiger partial charge in [-0.1, -0.05) is 32.1 Å². The maximum atomic E-state index is 13.3. The van der Waals surface area contributed by atoms with Crippen molar-refractivity contribution < 1.29 is 13.9 Å². The van der Waals surface area contributed by atoms with Crippen molar-refractivity contribution in [3.8, 4) is 16.9 Å². The van der Waals surface area contributed by atoms with Crippen LogP contribution in [0.5, 0.6) is 0 Å². The molecule has 42 heavy (non-hydrogen) atoms. The molecule has 0 saturated carbocycles. The Morgan fingerprint density at radius 3 is 2.50 bits per heavy atom. The first-order chi connectivity index (χ1) is 19.9. The van der Waals surface area contributed by atoms with Crippen LogP contribution >= 0.6 is 0 Å². The predicted molar refractivity (Wildman–Crippen MR) is 164 cm³/mol. The SMILES string of the molecule is Cc1ccc(NC(=O)c2cc(CNC(C)(C)C)c(C(C)(C)C)o2)cc1-n1cc(-c2cncc(N3CCOCC3)c2)nn1. The second-order valence-corrected chi connectivity index (χ2v) is 12.9. The molecule has 10 heteroatoms. The zero-order valence-electron chi connectivity index (χ0n) is 25.6. The van der Waals surface area contributed by atoms with Crippen LogP contribution in [0, 0.1) is 6.92 Å². The van der Waals surface area contributed by atoms with Crippen molar-refractivity contribution in [2.75, 3.05) is 36.5 Å². The van der Waals surface area contributed by atoms with Gasteiger partial charge in [0, 0.05) is 53.6 Å². The van der Waals surface area contributed by atoms with E-state index in [0.29, 0.717) is 31.1 Å². The maximum absolute atomic E-state index is 13.3. The number of rotatable bonds is 7. The Kier molecular flexibility index (Phi) is 8.21. The highest BCUT2D eigenvalue weighted by molar-refractivity contribution is 6.02. The summed E-state index contributed by atoms with van der Waals surface area (Å²) in [6.45, 7) is 18.3. The highest BCUT2D eigenvalue weighted by Crippen LogP contribution is 2.30. The standard InChI is InChI=1S/C32H41N7O3/c1-21-8-9-24(35-30(40)28-15-23(18-34-32(5,6)7)29(42-28)31(2,3)4)16-27(21)39-20-26(36-37-39)22-14-25(19-33-17-22)38-10-12-41-13-11-38/h8-9,14-17,19-20,34H,10-13,18H2,1-7H3,(H,35,40). The van der Waals surface area contributed by atoms with Crippen molar-refractivity contribution in [1.82, 2.24) is 25.3 Å². The van der Waals surface area contributed by atoms with Crippen LogP contribution < -0.4 is 15.5 Å². The van der Waals surface area contributed by atoms with E-state index in [0.717, 1.165) is 46.9 Å². The topological polar surface area (TPSA) is 110 Å². The molecule has 0 spiro atoms. The summed E-state index contributed by atoms with van der Waals surface area (Å²) < 4.78 is 13.3. The smallest absolute Gasteiger partial charge is 0.291 e. The number of pyridine rings is 1. The Bertz CT molecular complexity index is 1550. The van der Waals surface area contributed by atoms with Gasteiger partial charge in [-0.15, -0.1) is 5.10 Å². The van der Waals surface area contributed by atoms with Crippen molar-refractivity contribution >= 4 is 17.3 Å². The minimum atomic E-state index is -0.303. The van der Waals surface area contributed by atoms with Gasteiger partial charge in [0.25, 0.3) is 5.91 Å². The lowest BCUT2D eigenvalue weighted by atomic mass is 9.90. The van der Waals surface area contributed by atoms with Gasteiger partial charge in [-0.25, -0.2) is 4.68 Å². The van der Waals surface area contributed by atoms with Gasteiger partial charge in [0.1, 0.15) is 11.5 Å². The van der Waals surface area contributed by atoms with Crippen LogP contribution in [-0.2, 0) is 16.7 Å². The second kappa shape index (κ2) is 11.7. The van der Waals surface area contributed by atoms with Gasteiger partial charge in [-0.2, -0.15) is 0 Å². The van der Waals surface area contributed by atoms with Gasteiger partial charge in [0.05, 0.1) is 37.0 Å². The maximum Gasteiger partial charge on any atom is 0.291 e. The average Bonchev–Trinajstić information content (AvgIpc) is 3.61. The van der Waals surface area contributed by atoms with Gasteiger partial charge in [0.2, 0.25) is 0 Å². The quantitative estimate of drug-likeness (QED) is 0.299. The molecule has 4 heterocycles. The summed E-state index contributed by atoms with van der Waals surface area (Å²) in [4.78, 5) is 20.0. The Labute approximate surface area is 247 Å². The number of benzene rings is 1. The lowest BCUT2D eigenvalue weighted by molar-refractivity contribution is 0.0993. The van der Waals surface area contributed by atoms with E-state index in [2.05, 4.69) is 78.4 Å². The zero-order valence-corrected chi connectivity index (χ0v) is 25.6. The number of aryl methyl sites for hydroxylation is 1. The first-order valence-corrected chi connectivity index (χ1v) is 14.4. The van der Waals surface area contributed by atoms with Crippen LogP contribution in [0.25, 0.3) is 16.9 Å². The molecule has 1 aliphatic heterocycles. The molecule has 5 rings (SSSR count). The van der Waals surface area contributed by atoms with Crippen molar-refractivity contribution in [3.05, 3.63) is 71.6 Å². The number of ether oxygens (including phenoxy) is 1. The molecular formula is C32H41N7O3. The van der Waals surface area contributed by atoms with E-state index in [1.165, 1.54) is 0 Å². The summed E-state index contributed by atoms with van der Waals surface area (Å²) in [6.07, 6.45) is 5.54. The van der Waals surface area contributed by atoms with Crippen molar-refractivity contribution in [1.29, 1.82) is 0 Å². The normalized spacial score (nSPS) is 14.3. The molecule has 0 unspecified atom stereocenters. The first kappa shape index (κ1) is 29.5. The van der Waals surface area contributed by atoms with Crippen LogP contribution in [0.1, 0.15) is 69.0 Å². The van der Waals surface area contributed by atoms with E-state index in [-0.39, 0.29) is 22.6 Å². The molecular weight excluding hydrogens is 530 g/mol. The van der Waals surface area contributed by atoms with Gasteiger partial charge in [-0.05, 0) is 57.5 Å². The largest absolute Gasteiger partial charge is 0.455 e. The van der Waals surface area contributed by atoms with Crippen molar-refractivity contribution in [3.63, 3.8) is 0 Å². The van der Waals surface area contributed by atoms with Crippen LogP contribution in [0.2, 0.25) is 0 Å². The number of anilines is 2. The molecule has 0 bridgehead atoms. The van der Waals surface area contributed by atoms with E-state index < -0.39 is 0 Å². The van der Waals surface area contributed by atoms with E-state index in [1.54, 1.807) is 10.9 Å². The molecule has 0 atom stereocenters. The summed E-state index contributed by atoms with van der Waals surface area (Å²) in [7, 11) is 0. The number of nitrogens with zero attached hydrogens (tertiary/aromatic N) is 5. The molecule has 1 aliphatic rings. The molecule has 222 valence electrons. The lowest BCUT2D eigenvalue weighted by Gasteiger charge is -2.28. The number of furan rings is 1. The van der Waals surface area contributed by atoms with Crippen LogP contribution in [0.15, 0.2) is 53.3 Å². The van der Waals surface area contributed by atoms with E-state index in [1.807, 2.05) is 43.6 Å². The fourth-order valence-electron chi connectivity index (χ4n) is 4.87. The van der Waals surface area contributed by atoms with Gasteiger partial charge in [0.15, 0.2) is 5.76 Å². The van der Waals surface area contributed by atoms with Gasteiger partial charge in [-0.3, -0.25) is 9.78 Å². The third-order valence-electron chi connectivity index (χ3n) is 7.13. The Morgan fingerprint density at radius 1 is 1.02 bits per heavy atom. The molecule has 2 N–H and O–H groups in total. The highest BCUT2D eigenvalue weighted by atomic mass is 16.5. The Hall–Kier alpha value is -4.02. The summed E-state index contributed by atoms with van der Waals surface area (Å²) in [5, 5.41) is 15.3. The van der Waals surface area contributed by atoms with Crippen LogP contribution in [0.4, 0.5) is 11.4 Å². The number of carbonyl (C=O) groups excluding carboxylic acids is 1. The minimum absolute atomic E-state index is 0.0591. The Morgan fingerprint density at radius 2 is 1.79 bits per heavy atom. The summed E-state index contributed by atoms with van der Waals surface area (Å²) in [5.74, 6) is 0.780. The zero-order chi connectivity index (χ0) is 30.1. The number of hydrogen-bond donors (Lipinski definition) is 2. The third kappa shape index (κ3) is 6.88. The number of nitrogens with one attached hydrogen (secondary N) is 2. The number of aromatic nitrogens is 4. The molecule has 1 saturated heterocycles. The first-order valence-electron chi connectivity index (χ1n) is 14.4.